The second kappa shape index (κ2) is 13.5. The molecule has 6 heteroatoms. The molecule has 1 aliphatic heterocycles. The number of rotatable bonds is 11. The predicted octanol–water partition coefficient (Wildman–Crippen LogP) is 2.13. The zero-order valence-electron chi connectivity index (χ0n) is 15.5. The molecule has 0 amide bonds. The average Bonchev–Trinajstić information content (AvgIpc) is 2.68. The fourth-order valence-corrected chi connectivity index (χ4v) is 2.11. The van der Waals surface area contributed by atoms with Crippen LogP contribution in [0.2, 0.25) is 0 Å². The summed E-state index contributed by atoms with van der Waals surface area (Å²) in [6.07, 6.45) is 8.93. The molecule has 0 spiro atoms. The van der Waals surface area contributed by atoms with E-state index in [2.05, 4.69) is 24.1 Å². The van der Waals surface area contributed by atoms with E-state index in [0.29, 0.717) is 46.6 Å². The Balaban J connectivity index is 1.99. The van der Waals surface area contributed by atoms with Crippen LogP contribution in [0.5, 0.6) is 0 Å². The number of nitrogens with one attached hydrogen (secondary N) is 1. The summed E-state index contributed by atoms with van der Waals surface area (Å²) in [4.78, 5) is 2.14. The highest BCUT2D eigenvalue weighted by Crippen LogP contribution is 2.07. The number of nitrogens with zero attached hydrogens (tertiary/aromatic N) is 1. The van der Waals surface area contributed by atoms with Crippen molar-refractivity contribution in [2.45, 2.75) is 32.8 Å². The maximum Gasteiger partial charge on any atom is 0.101 e. The highest BCUT2D eigenvalue weighted by atomic mass is 16.5. The van der Waals surface area contributed by atoms with Crippen molar-refractivity contribution >= 4 is 0 Å². The Morgan fingerprint density at radius 1 is 1.21 bits per heavy atom. The second-order valence-corrected chi connectivity index (χ2v) is 6.34. The molecule has 0 bridgehead atoms. The van der Waals surface area contributed by atoms with Crippen LogP contribution in [0.1, 0.15) is 27.2 Å². The van der Waals surface area contributed by atoms with Crippen LogP contribution in [0.3, 0.4) is 0 Å². The van der Waals surface area contributed by atoms with Gasteiger partial charge in [-0.1, -0.05) is 24.3 Å². The van der Waals surface area contributed by atoms with Gasteiger partial charge in [0.25, 0.3) is 0 Å². The molecule has 0 aliphatic carbocycles. The van der Waals surface area contributed by atoms with Gasteiger partial charge in [0.1, 0.15) is 13.5 Å². The lowest BCUT2D eigenvalue weighted by Gasteiger charge is -2.25. The normalized spacial score (nSPS) is 19.1. The first-order valence-electron chi connectivity index (χ1n) is 8.70. The van der Waals surface area contributed by atoms with Crippen molar-refractivity contribution in [3.63, 3.8) is 0 Å². The number of hydrogen-bond donors (Lipinski definition) is 1. The van der Waals surface area contributed by atoms with Crippen LogP contribution in [0.25, 0.3) is 0 Å². The summed E-state index contributed by atoms with van der Waals surface area (Å²) in [5.41, 5.74) is -0.200. The molecule has 1 N–H and O–H groups in total. The summed E-state index contributed by atoms with van der Waals surface area (Å²) in [6.45, 7) is 12.2. The van der Waals surface area contributed by atoms with Gasteiger partial charge in [-0.25, -0.2) is 0 Å². The van der Waals surface area contributed by atoms with E-state index in [-0.39, 0.29) is 5.60 Å². The van der Waals surface area contributed by atoms with E-state index in [4.69, 9.17) is 18.9 Å². The second-order valence-electron chi connectivity index (χ2n) is 6.34. The third kappa shape index (κ3) is 11.7. The van der Waals surface area contributed by atoms with Gasteiger partial charge in [0.05, 0.1) is 32.2 Å². The molecule has 1 heterocycles. The lowest BCUT2D eigenvalue weighted by Crippen LogP contribution is -2.38. The van der Waals surface area contributed by atoms with E-state index in [9.17, 15) is 0 Å². The third-order valence-corrected chi connectivity index (χ3v) is 3.47. The number of allylic oxidation sites excluding steroid dienone is 1. The standard InChI is InChI=1S/C18H34N2O4/c1-4-5-13-24-18(2,3)14-19-15-21-12-8-9-20-16-22-10-6-7-11-23-17-20/h4-7,19H,8-17H2,1-3H3/b5-4-,7-6-. The van der Waals surface area contributed by atoms with Gasteiger partial charge in [-0.05, 0) is 27.2 Å². The monoisotopic (exact) mass is 342 g/mol. The molecule has 140 valence electrons. The van der Waals surface area contributed by atoms with Gasteiger partial charge < -0.3 is 18.9 Å². The Morgan fingerprint density at radius 3 is 2.58 bits per heavy atom. The number of ether oxygens (including phenoxy) is 4. The molecule has 24 heavy (non-hydrogen) atoms. The van der Waals surface area contributed by atoms with Gasteiger partial charge in [-0.2, -0.15) is 0 Å². The van der Waals surface area contributed by atoms with E-state index in [0.717, 1.165) is 19.5 Å². The molecule has 0 unspecified atom stereocenters. The minimum atomic E-state index is -0.200. The lowest BCUT2D eigenvalue weighted by molar-refractivity contribution is -0.0330. The van der Waals surface area contributed by atoms with Gasteiger partial charge in [0, 0.05) is 19.7 Å². The average molecular weight is 342 g/mol. The molecular formula is C18H34N2O4. The van der Waals surface area contributed by atoms with Crippen molar-refractivity contribution in [2.24, 2.45) is 0 Å². The minimum absolute atomic E-state index is 0.200. The van der Waals surface area contributed by atoms with Crippen LogP contribution in [-0.4, -0.2) is 70.2 Å². The first kappa shape index (κ1) is 21.3. The molecule has 1 aliphatic rings. The van der Waals surface area contributed by atoms with E-state index < -0.39 is 0 Å². The Bertz CT molecular complexity index is 347. The van der Waals surface area contributed by atoms with Crippen molar-refractivity contribution in [3.05, 3.63) is 24.3 Å². The van der Waals surface area contributed by atoms with Crippen molar-refractivity contribution in [1.29, 1.82) is 0 Å². The van der Waals surface area contributed by atoms with Crippen molar-refractivity contribution < 1.29 is 18.9 Å². The van der Waals surface area contributed by atoms with Gasteiger partial charge in [0.2, 0.25) is 0 Å². The SMILES string of the molecule is C/C=C\COC(C)(C)CNCOCCCN1COC/C=C\COC1. The fraction of sp³-hybridized carbons (Fsp3) is 0.778. The maximum absolute atomic E-state index is 5.76. The first-order valence-corrected chi connectivity index (χ1v) is 8.70. The zero-order valence-corrected chi connectivity index (χ0v) is 15.5. The smallest absolute Gasteiger partial charge is 0.101 e. The van der Waals surface area contributed by atoms with Gasteiger partial charge in [-0.15, -0.1) is 0 Å². The molecule has 0 saturated carbocycles. The topological polar surface area (TPSA) is 52.2 Å². The fourth-order valence-electron chi connectivity index (χ4n) is 2.11. The van der Waals surface area contributed by atoms with Crippen LogP contribution < -0.4 is 5.32 Å². The highest BCUT2D eigenvalue weighted by Gasteiger charge is 2.16. The van der Waals surface area contributed by atoms with Crippen molar-refractivity contribution in [1.82, 2.24) is 10.2 Å². The Morgan fingerprint density at radius 2 is 1.92 bits per heavy atom. The van der Waals surface area contributed by atoms with E-state index in [1.165, 1.54) is 0 Å². The highest BCUT2D eigenvalue weighted by molar-refractivity contribution is 4.81. The Kier molecular flexibility index (Phi) is 12.0. The summed E-state index contributed by atoms with van der Waals surface area (Å²) in [7, 11) is 0. The molecule has 0 fully saturated rings. The molecule has 1 rings (SSSR count). The summed E-state index contributed by atoms with van der Waals surface area (Å²) in [5, 5.41) is 3.27. The van der Waals surface area contributed by atoms with E-state index in [1.807, 2.05) is 31.2 Å². The van der Waals surface area contributed by atoms with Gasteiger partial charge in [-0.3, -0.25) is 10.2 Å². The van der Waals surface area contributed by atoms with Crippen LogP contribution in [0.15, 0.2) is 24.3 Å². The predicted molar refractivity (Wildman–Crippen MR) is 95.8 cm³/mol. The summed E-state index contributed by atoms with van der Waals surface area (Å²) >= 11 is 0. The quantitative estimate of drug-likeness (QED) is 0.353. The molecule has 0 aromatic heterocycles. The molecule has 0 atom stereocenters. The molecule has 0 aromatic carbocycles. The minimum Gasteiger partial charge on any atom is -0.370 e. The summed E-state index contributed by atoms with van der Waals surface area (Å²) in [6, 6.07) is 0. The van der Waals surface area contributed by atoms with Crippen LogP contribution >= 0.6 is 0 Å². The van der Waals surface area contributed by atoms with Crippen LogP contribution in [0, 0.1) is 0 Å². The molecule has 0 saturated heterocycles. The molecule has 0 aromatic rings. The number of hydrogen-bond acceptors (Lipinski definition) is 6. The largest absolute Gasteiger partial charge is 0.370 e. The summed E-state index contributed by atoms with van der Waals surface area (Å²) in [5.74, 6) is 0. The first-order chi connectivity index (χ1) is 11.6. The van der Waals surface area contributed by atoms with Crippen LogP contribution in [0.4, 0.5) is 0 Å². The third-order valence-electron chi connectivity index (χ3n) is 3.47. The summed E-state index contributed by atoms with van der Waals surface area (Å²) < 4.78 is 22.4. The molecular weight excluding hydrogens is 308 g/mol. The lowest BCUT2D eigenvalue weighted by atomic mass is 10.1. The van der Waals surface area contributed by atoms with Crippen LogP contribution in [-0.2, 0) is 18.9 Å². The van der Waals surface area contributed by atoms with Gasteiger partial charge in [0.15, 0.2) is 0 Å². The zero-order chi connectivity index (χ0) is 17.5. The molecule has 0 radical (unpaired) electrons. The van der Waals surface area contributed by atoms with E-state index >= 15 is 0 Å². The van der Waals surface area contributed by atoms with Gasteiger partial charge >= 0.3 is 0 Å². The molecule has 6 nitrogen and oxygen atoms in total. The van der Waals surface area contributed by atoms with Crippen molar-refractivity contribution in [2.75, 3.05) is 59.7 Å². The maximum atomic E-state index is 5.76. The van der Waals surface area contributed by atoms with E-state index in [1.54, 1.807) is 0 Å². The van der Waals surface area contributed by atoms with Crippen molar-refractivity contribution in [3.8, 4) is 0 Å². The Labute approximate surface area is 146 Å². The Hall–Kier alpha value is -0.760.